The number of benzene rings is 1. The molecule has 1 aromatic carbocycles. The summed E-state index contributed by atoms with van der Waals surface area (Å²) in [4.78, 5) is 4.02. The van der Waals surface area contributed by atoms with Gasteiger partial charge in [-0.3, -0.25) is 0 Å². The lowest BCUT2D eigenvalue weighted by Crippen LogP contribution is -2.02. The molecular formula is C10H8BrF2N3O. The lowest BCUT2D eigenvalue weighted by molar-refractivity contribution is 0.380. The zero-order chi connectivity index (χ0) is 12.4. The summed E-state index contributed by atoms with van der Waals surface area (Å²) < 4.78 is 31.1. The van der Waals surface area contributed by atoms with E-state index in [1.165, 1.54) is 6.07 Å². The first-order chi connectivity index (χ1) is 8.13. The average molecular weight is 304 g/mol. The maximum atomic E-state index is 13.3. The highest BCUT2D eigenvalue weighted by Crippen LogP contribution is 2.29. The van der Waals surface area contributed by atoms with Gasteiger partial charge in [0.15, 0.2) is 11.6 Å². The van der Waals surface area contributed by atoms with Crippen LogP contribution in [0.15, 0.2) is 21.1 Å². The summed E-state index contributed by atoms with van der Waals surface area (Å²) >= 11 is 2.95. The molecule has 0 atom stereocenters. The Bertz CT molecular complexity index is 544. The molecule has 0 aliphatic heterocycles. The second-order valence-electron chi connectivity index (χ2n) is 3.27. The lowest BCUT2D eigenvalue weighted by Gasteiger charge is -2.00. The van der Waals surface area contributed by atoms with Crippen LogP contribution in [0, 0.1) is 11.6 Å². The van der Waals surface area contributed by atoms with E-state index in [0.29, 0.717) is 24.4 Å². The molecule has 0 amide bonds. The highest BCUT2D eigenvalue weighted by molar-refractivity contribution is 9.10. The van der Waals surface area contributed by atoms with Crippen LogP contribution >= 0.6 is 15.9 Å². The molecule has 7 heteroatoms. The van der Waals surface area contributed by atoms with Crippen LogP contribution in [0.2, 0.25) is 0 Å². The minimum atomic E-state index is -0.979. The molecule has 0 bridgehead atoms. The van der Waals surface area contributed by atoms with Crippen LogP contribution in [0.3, 0.4) is 0 Å². The molecule has 0 radical (unpaired) electrons. The molecule has 4 nitrogen and oxygen atoms in total. The molecule has 2 aromatic rings. The summed E-state index contributed by atoms with van der Waals surface area (Å²) in [5.74, 6) is -1.36. The van der Waals surface area contributed by atoms with Gasteiger partial charge in [0.05, 0.1) is 4.47 Å². The van der Waals surface area contributed by atoms with Gasteiger partial charge in [0.2, 0.25) is 11.7 Å². The quantitative estimate of drug-likeness (QED) is 0.884. The van der Waals surface area contributed by atoms with Gasteiger partial charge in [-0.25, -0.2) is 8.78 Å². The molecule has 0 aliphatic rings. The minimum absolute atomic E-state index is 0.0300. The highest BCUT2D eigenvalue weighted by Gasteiger charge is 2.16. The summed E-state index contributed by atoms with van der Waals surface area (Å²) in [5, 5.41) is 3.68. The van der Waals surface area contributed by atoms with Crippen molar-refractivity contribution in [2.45, 2.75) is 6.42 Å². The van der Waals surface area contributed by atoms with Crippen molar-refractivity contribution < 1.29 is 13.3 Å². The molecule has 0 unspecified atom stereocenters. The third-order valence-corrected chi connectivity index (χ3v) is 2.88. The van der Waals surface area contributed by atoms with Crippen LogP contribution in [0.25, 0.3) is 11.4 Å². The van der Waals surface area contributed by atoms with Crippen molar-refractivity contribution in [3.8, 4) is 11.4 Å². The molecule has 2 N–H and O–H groups in total. The van der Waals surface area contributed by atoms with Crippen molar-refractivity contribution in [1.82, 2.24) is 10.1 Å². The standard InChI is InChI=1S/C10H8BrF2N3O/c11-8-5(1-2-6(12)9(8)13)10-15-7(3-4-14)17-16-10/h1-2H,3-4,14H2. The Hall–Kier alpha value is -1.34. The number of rotatable bonds is 3. The van der Waals surface area contributed by atoms with Crippen molar-refractivity contribution in [3.63, 3.8) is 0 Å². The first-order valence-corrected chi connectivity index (χ1v) is 5.59. The molecule has 1 heterocycles. The van der Waals surface area contributed by atoms with Crippen molar-refractivity contribution in [2.24, 2.45) is 5.73 Å². The molecule has 0 aliphatic carbocycles. The molecule has 1 aromatic heterocycles. The fourth-order valence-corrected chi connectivity index (χ4v) is 1.79. The molecule has 17 heavy (non-hydrogen) atoms. The van der Waals surface area contributed by atoms with Crippen LogP contribution in [0.1, 0.15) is 5.89 Å². The van der Waals surface area contributed by atoms with E-state index in [1.807, 2.05) is 0 Å². The van der Waals surface area contributed by atoms with Crippen molar-refractivity contribution in [1.29, 1.82) is 0 Å². The van der Waals surface area contributed by atoms with Crippen LogP contribution in [0.5, 0.6) is 0 Å². The maximum Gasteiger partial charge on any atom is 0.228 e. The van der Waals surface area contributed by atoms with E-state index in [1.54, 1.807) is 0 Å². The Morgan fingerprint density at radius 3 is 2.82 bits per heavy atom. The van der Waals surface area contributed by atoms with Gasteiger partial charge < -0.3 is 10.3 Å². The molecule has 90 valence electrons. The van der Waals surface area contributed by atoms with Gasteiger partial charge in [0, 0.05) is 18.5 Å². The smallest absolute Gasteiger partial charge is 0.228 e. The van der Waals surface area contributed by atoms with Crippen molar-refractivity contribution in [2.75, 3.05) is 6.54 Å². The Balaban J connectivity index is 2.42. The van der Waals surface area contributed by atoms with Crippen LogP contribution in [-0.4, -0.2) is 16.7 Å². The fourth-order valence-electron chi connectivity index (χ4n) is 1.29. The van der Waals surface area contributed by atoms with Crippen molar-refractivity contribution in [3.05, 3.63) is 34.1 Å². The van der Waals surface area contributed by atoms with E-state index in [4.69, 9.17) is 10.3 Å². The fraction of sp³-hybridized carbons (Fsp3) is 0.200. The Labute approximate surface area is 104 Å². The van der Waals surface area contributed by atoms with Gasteiger partial charge in [-0.05, 0) is 28.1 Å². The largest absolute Gasteiger partial charge is 0.339 e. The zero-order valence-corrected chi connectivity index (χ0v) is 10.2. The van der Waals surface area contributed by atoms with E-state index < -0.39 is 11.6 Å². The molecule has 2 rings (SSSR count). The summed E-state index contributed by atoms with van der Waals surface area (Å²) in [7, 11) is 0. The number of hydrogen-bond donors (Lipinski definition) is 1. The van der Waals surface area contributed by atoms with Crippen molar-refractivity contribution >= 4 is 15.9 Å². The third-order valence-electron chi connectivity index (χ3n) is 2.10. The van der Waals surface area contributed by atoms with E-state index in [0.717, 1.165) is 6.07 Å². The Morgan fingerprint density at radius 1 is 1.35 bits per heavy atom. The summed E-state index contributed by atoms with van der Waals surface area (Å²) in [5.41, 5.74) is 5.67. The molecular weight excluding hydrogens is 296 g/mol. The highest BCUT2D eigenvalue weighted by atomic mass is 79.9. The number of nitrogens with two attached hydrogens (primary N) is 1. The SMILES string of the molecule is NCCc1nc(-c2ccc(F)c(F)c2Br)no1. The third kappa shape index (κ3) is 2.34. The average Bonchev–Trinajstić information content (AvgIpc) is 2.75. The lowest BCUT2D eigenvalue weighted by atomic mass is 10.2. The van der Waals surface area contributed by atoms with Crippen LogP contribution in [-0.2, 0) is 6.42 Å². The van der Waals surface area contributed by atoms with Gasteiger partial charge in [0.25, 0.3) is 0 Å². The number of halogens is 3. The number of hydrogen-bond acceptors (Lipinski definition) is 4. The topological polar surface area (TPSA) is 64.9 Å². The second kappa shape index (κ2) is 4.89. The molecule has 0 fully saturated rings. The zero-order valence-electron chi connectivity index (χ0n) is 8.58. The predicted octanol–water partition coefficient (Wildman–Crippen LogP) is 2.28. The van der Waals surface area contributed by atoms with Gasteiger partial charge in [0.1, 0.15) is 0 Å². The molecule has 0 saturated carbocycles. The van der Waals surface area contributed by atoms with Crippen LogP contribution in [0.4, 0.5) is 8.78 Å². The summed E-state index contributed by atoms with van der Waals surface area (Å²) in [6.45, 7) is 0.376. The predicted molar refractivity (Wildman–Crippen MR) is 60.1 cm³/mol. The number of aromatic nitrogens is 2. The first-order valence-electron chi connectivity index (χ1n) is 4.80. The van der Waals surface area contributed by atoms with E-state index >= 15 is 0 Å². The maximum absolute atomic E-state index is 13.3. The summed E-state index contributed by atoms with van der Waals surface area (Å²) in [6.07, 6.45) is 0.439. The van der Waals surface area contributed by atoms with E-state index in [9.17, 15) is 8.78 Å². The number of nitrogens with zero attached hydrogens (tertiary/aromatic N) is 2. The van der Waals surface area contributed by atoms with Gasteiger partial charge >= 0.3 is 0 Å². The molecule has 0 saturated heterocycles. The van der Waals surface area contributed by atoms with Gasteiger partial charge in [-0.2, -0.15) is 4.98 Å². The first kappa shape index (κ1) is 12.1. The summed E-state index contributed by atoms with van der Waals surface area (Å²) in [6, 6.07) is 2.38. The van der Waals surface area contributed by atoms with E-state index in [-0.39, 0.29) is 10.3 Å². The second-order valence-corrected chi connectivity index (χ2v) is 4.07. The van der Waals surface area contributed by atoms with E-state index in [2.05, 4.69) is 26.1 Å². The van der Waals surface area contributed by atoms with Gasteiger partial charge in [-0.15, -0.1) is 0 Å². The van der Waals surface area contributed by atoms with Crippen LogP contribution < -0.4 is 5.73 Å². The van der Waals surface area contributed by atoms with Gasteiger partial charge in [-0.1, -0.05) is 5.16 Å². The monoisotopic (exact) mass is 303 g/mol. The Morgan fingerprint density at radius 2 is 2.12 bits per heavy atom. The molecule has 0 spiro atoms. The Kier molecular flexibility index (Phi) is 3.49. The minimum Gasteiger partial charge on any atom is -0.339 e. The normalized spacial score (nSPS) is 10.8.